The summed E-state index contributed by atoms with van der Waals surface area (Å²) in [6.45, 7) is 5.24. The lowest BCUT2D eigenvalue weighted by Crippen LogP contribution is -2.47. The Morgan fingerprint density at radius 1 is 1.18 bits per heavy atom. The molecule has 116 valence electrons. The van der Waals surface area contributed by atoms with Crippen LogP contribution in [0.5, 0.6) is 0 Å². The molecule has 2 heterocycles. The number of amides is 1. The van der Waals surface area contributed by atoms with Crippen LogP contribution in [0.1, 0.15) is 16.2 Å². The summed E-state index contributed by atoms with van der Waals surface area (Å²) < 4.78 is 1.76. The number of aromatic nitrogens is 2. The number of piperazine rings is 1. The fraction of sp³-hybridized carbons (Fsp3) is 0.375. The molecule has 1 fully saturated rings. The van der Waals surface area contributed by atoms with E-state index in [9.17, 15) is 4.79 Å². The van der Waals surface area contributed by atoms with Gasteiger partial charge in [0.15, 0.2) is 5.69 Å². The minimum Gasteiger partial charge on any atom is -0.335 e. The maximum absolute atomic E-state index is 12.6. The molecule has 0 atom stereocenters. The summed E-state index contributed by atoms with van der Waals surface area (Å²) in [5.41, 5.74) is 2.27. The van der Waals surface area contributed by atoms with Crippen molar-refractivity contribution in [3.05, 3.63) is 46.7 Å². The molecule has 1 aromatic carbocycles. The first kappa shape index (κ1) is 15.1. The second kappa shape index (κ2) is 6.10. The first-order valence-corrected chi connectivity index (χ1v) is 7.73. The summed E-state index contributed by atoms with van der Waals surface area (Å²) in [6.07, 6.45) is 0. The van der Waals surface area contributed by atoms with Crippen LogP contribution < -0.4 is 0 Å². The van der Waals surface area contributed by atoms with E-state index < -0.39 is 0 Å². The van der Waals surface area contributed by atoms with Gasteiger partial charge < -0.3 is 9.80 Å². The van der Waals surface area contributed by atoms with Gasteiger partial charge in [0.25, 0.3) is 5.91 Å². The second-order valence-electron chi connectivity index (χ2n) is 5.66. The number of hydrogen-bond donors (Lipinski definition) is 0. The number of likely N-dealkylation sites (N-methyl/N-ethyl adjacent to an activating group) is 1. The molecule has 1 aliphatic rings. The van der Waals surface area contributed by atoms with E-state index >= 15 is 0 Å². The fourth-order valence-corrected chi connectivity index (χ4v) is 2.80. The lowest BCUT2D eigenvalue weighted by Gasteiger charge is -2.31. The summed E-state index contributed by atoms with van der Waals surface area (Å²) in [6, 6.07) is 9.30. The van der Waals surface area contributed by atoms with Gasteiger partial charge in [-0.05, 0) is 38.2 Å². The lowest BCUT2D eigenvalue weighted by molar-refractivity contribution is 0.0657. The molecular weight excluding hydrogens is 300 g/mol. The summed E-state index contributed by atoms with van der Waals surface area (Å²) in [7, 11) is 2.07. The van der Waals surface area contributed by atoms with Gasteiger partial charge in [-0.25, -0.2) is 4.68 Å². The molecule has 1 aliphatic heterocycles. The molecule has 0 radical (unpaired) electrons. The molecule has 1 aromatic heterocycles. The van der Waals surface area contributed by atoms with Crippen LogP contribution in [0.2, 0.25) is 5.02 Å². The van der Waals surface area contributed by atoms with Crippen LogP contribution in [0.25, 0.3) is 5.69 Å². The molecule has 1 saturated heterocycles. The van der Waals surface area contributed by atoms with E-state index in [1.807, 2.05) is 42.2 Å². The Kier molecular flexibility index (Phi) is 4.18. The van der Waals surface area contributed by atoms with Gasteiger partial charge in [0.1, 0.15) is 0 Å². The standard InChI is InChI=1S/C16H19ClN4O/c1-12-10-15(16(22)20-8-6-19(2)7-9-20)18-21(12)14-5-3-4-13(17)11-14/h3-5,10-11H,6-9H2,1-2H3. The number of nitrogens with zero attached hydrogens (tertiary/aromatic N) is 4. The Morgan fingerprint density at radius 2 is 1.91 bits per heavy atom. The Morgan fingerprint density at radius 3 is 2.59 bits per heavy atom. The van der Waals surface area contributed by atoms with Gasteiger partial charge >= 0.3 is 0 Å². The highest BCUT2D eigenvalue weighted by Gasteiger charge is 2.23. The van der Waals surface area contributed by atoms with Gasteiger partial charge in [-0.3, -0.25) is 4.79 Å². The topological polar surface area (TPSA) is 41.4 Å². The predicted molar refractivity (Wildman–Crippen MR) is 86.7 cm³/mol. The molecule has 0 saturated carbocycles. The summed E-state index contributed by atoms with van der Waals surface area (Å²) in [5.74, 6) is -0.00280. The number of hydrogen-bond acceptors (Lipinski definition) is 3. The van der Waals surface area contributed by atoms with E-state index in [-0.39, 0.29) is 5.91 Å². The van der Waals surface area contributed by atoms with Crippen LogP contribution in [0, 0.1) is 6.92 Å². The zero-order valence-electron chi connectivity index (χ0n) is 12.8. The van der Waals surface area contributed by atoms with E-state index in [1.165, 1.54) is 0 Å². The van der Waals surface area contributed by atoms with Crippen LogP contribution in [0.4, 0.5) is 0 Å². The molecule has 2 aromatic rings. The lowest BCUT2D eigenvalue weighted by atomic mass is 10.2. The number of benzene rings is 1. The first-order valence-electron chi connectivity index (χ1n) is 7.35. The fourth-order valence-electron chi connectivity index (χ4n) is 2.62. The SMILES string of the molecule is Cc1cc(C(=O)N2CCN(C)CC2)nn1-c1cccc(Cl)c1. The number of carbonyl (C=O) groups is 1. The Balaban J connectivity index is 1.84. The van der Waals surface area contributed by atoms with Crippen LogP contribution in [0.3, 0.4) is 0 Å². The van der Waals surface area contributed by atoms with E-state index in [0.717, 1.165) is 37.6 Å². The van der Waals surface area contributed by atoms with Gasteiger partial charge in [-0.15, -0.1) is 0 Å². The van der Waals surface area contributed by atoms with Crippen molar-refractivity contribution in [2.24, 2.45) is 0 Å². The molecular formula is C16H19ClN4O. The van der Waals surface area contributed by atoms with Gasteiger partial charge in [0, 0.05) is 36.9 Å². The molecule has 1 amide bonds. The van der Waals surface area contributed by atoms with E-state index in [2.05, 4.69) is 17.0 Å². The van der Waals surface area contributed by atoms with E-state index in [0.29, 0.717) is 10.7 Å². The molecule has 0 unspecified atom stereocenters. The van der Waals surface area contributed by atoms with Crippen molar-refractivity contribution >= 4 is 17.5 Å². The van der Waals surface area contributed by atoms with Crippen molar-refractivity contribution in [1.82, 2.24) is 19.6 Å². The Hall–Kier alpha value is -1.85. The zero-order valence-corrected chi connectivity index (χ0v) is 13.5. The van der Waals surface area contributed by atoms with Crippen LogP contribution in [-0.2, 0) is 0 Å². The molecule has 3 rings (SSSR count). The van der Waals surface area contributed by atoms with Crippen LogP contribution >= 0.6 is 11.6 Å². The predicted octanol–water partition coefficient (Wildman–Crippen LogP) is 2.22. The maximum Gasteiger partial charge on any atom is 0.274 e. The average Bonchev–Trinajstić information content (AvgIpc) is 2.89. The summed E-state index contributed by atoms with van der Waals surface area (Å²) in [4.78, 5) is 16.7. The van der Waals surface area contributed by atoms with Crippen LogP contribution in [0.15, 0.2) is 30.3 Å². The molecule has 0 bridgehead atoms. The zero-order chi connectivity index (χ0) is 15.7. The smallest absolute Gasteiger partial charge is 0.274 e. The maximum atomic E-state index is 12.6. The summed E-state index contributed by atoms with van der Waals surface area (Å²) in [5, 5.41) is 5.12. The molecule has 0 spiro atoms. The molecule has 5 nitrogen and oxygen atoms in total. The van der Waals surface area contributed by atoms with Gasteiger partial charge in [-0.1, -0.05) is 17.7 Å². The Labute approximate surface area is 135 Å². The van der Waals surface area contributed by atoms with Crippen molar-refractivity contribution in [1.29, 1.82) is 0 Å². The summed E-state index contributed by atoms with van der Waals surface area (Å²) >= 11 is 6.03. The quantitative estimate of drug-likeness (QED) is 0.852. The third-order valence-corrected chi connectivity index (χ3v) is 4.18. The average molecular weight is 319 g/mol. The Bertz CT molecular complexity index is 689. The minimum atomic E-state index is -0.00280. The monoisotopic (exact) mass is 318 g/mol. The third kappa shape index (κ3) is 3.00. The van der Waals surface area contributed by atoms with Crippen molar-refractivity contribution in [2.45, 2.75) is 6.92 Å². The van der Waals surface area contributed by atoms with Crippen molar-refractivity contribution in [2.75, 3.05) is 33.2 Å². The van der Waals surface area contributed by atoms with Crippen molar-refractivity contribution < 1.29 is 4.79 Å². The third-order valence-electron chi connectivity index (χ3n) is 3.95. The molecule has 22 heavy (non-hydrogen) atoms. The molecule has 6 heteroatoms. The van der Waals surface area contributed by atoms with Crippen molar-refractivity contribution in [3.8, 4) is 5.69 Å². The minimum absolute atomic E-state index is 0.00280. The highest BCUT2D eigenvalue weighted by molar-refractivity contribution is 6.30. The van der Waals surface area contributed by atoms with Gasteiger partial charge in [-0.2, -0.15) is 5.10 Å². The number of rotatable bonds is 2. The van der Waals surface area contributed by atoms with Crippen molar-refractivity contribution in [3.63, 3.8) is 0 Å². The van der Waals surface area contributed by atoms with Gasteiger partial charge in [0.2, 0.25) is 0 Å². The normalized spacial score (nSPS) is 16.0. The number of carbonyl (C=O) groups excluding carboxylic acids is 1. The van der Waals surface area contributed by atoms with E-state index in [4.69, 9.17) is 11.6 Å². The number of halogens is 1. The largest absolute Gasteiger partial charge is 0.335 e. The highest BCUT2D eigenvalue weighted by atomic mass is 35.5. The van der Waals surface area contributed by atoms with E-state index in [1.54, 1.807) is 4.68 Å². The second-order valence-corrected chi connectivity index (χ2v) is 6.09. The molecule has 0 N–H and O–H groups in total. The highest BCUT2D eigenvalue weighted by Crippen LogP contribution is 2.17. The first-order chi connectivity index (χ1) is 10.5. The van der Waals surface area contributed by atoms with Crippen LogP contribution in [-0.4, -0.2) is 58.7 Å². The molecule has 0 aliphatic carbocycles. The number of aryl methyl sites for hydroxylation is 1. The van der Waals surface area contributed by atoms with Gasteiger partial charge in [0.05, 0.1) is 5.69 Å².